The summed E-state index contributed by atoms with van der Waals surface area (Å²) in [6.45, 7) is 2.30. The smallest absolute Gasteiger partial charge is 0.131 e. The van der Waals surface area contributed by atoms with E-state index in [-0.39, 0.29) is 5.78 Å². The van der Waals surface area contributed by atoms with Crippen LogP contribution >= 0.6 is 11.6 Å². The second-order valence-corrected chi connectivity index (χ2v) is 4.05. The van der Waals surface area contributed by atoms with Gasteiger partial charge in [-0.1, -0.05) is 23.7 Å². The number of carbonyl (C=O) groups is 1. The lowest BCUT2D eigenvalue weighted by molar-refractivity contribution is -0.117. The topological polar surface area (TPSA) is 22.0 Å². The highest BCUT2D eigenvalue weighted by Gasteiger charge is 2.05. The molecule has 0 atom stereocenters. The van der Waals surface area contributed by atoms with Crippen molar-refractivity contribution in [1.29, 1.82) is 0 Å². The summed E-state index contributed by atoms with van der Waals surface area (Å²) in [6.07, 6.45) is 2.52. The lowest BCUT2D eigenvalue weighted by Gasteiger charge is -2.04. The number of hydrogen-bond donors (Lipinski definition) is 0. The summed E-state index contributed by atoms with van der Waals surface area (Å²) in [5.41, 5.74) is 1.01. The number of benzene rings is 1. The molecular weight excluding hydrogens is 210 g/mol. The molecule has 0 bridgehead atoms. The number of aromatic nitrogens is 1. The van der Waals surface area contributed by atoms with Crippen molar-refractivity contribution in [3.8, 4) is 0 Å². The maximum Gasteiger partial charge on any atom is 0.131 e. The summed E-state index contributed by atoms with van der Waals surface area (Å²) in [4.78, 5) is 10.9. The van der Waals surface area contributed by atoms with Crippen LogP contribution in [-0.4, -0.2) is 10.4 Å². The fourth-order valence-corrected chi connectivity index (χ4v) is 1.97. The van der Waals surface area contributed by atoms with Crippen LogP contribution in [0.2, 0.25) is 5.02 Å². The van der Waals surface area contributed by atoms with Crippen LogP contribution < -0.4 is 0 Å². The number of carbonyl (C=O) groups excluding carboxylic acids is 1. The number of Topliss-reactive ketones (excluding diaryl/α,β-unsaturated/α-hetero) is 1. The molecule has 0 unspecified atom stereocenters. The molecule has 1 aromatic carbocycles. The molecule has 15 heavy (non-hydrogen) atoms. The molecule has 0 fully saturated rings. The minimum atomic E-state index is 0.198. The molecule has 0 aliphatic heterocycles. The maximum absolute atomic E-state index is 10.9. The van der Waals surface area contributed by atoms with E-state index in [1.165, 1.54) is 0 Å². The number of nitrogens with zero attached hydrogens (tertiary/aromatic N) is 1. The number of halogens is 1. The largest absolute Gasteiger partial charge is 0.346 e. The average molecular weight is 222 g/mol. The molecule has 3 heteroatoms. The van der Waals surface area contributed by atoms with E-state index in [2.05, 4.69) is 0 Å². The van der Waals surface area contributed by atoms with Gasteiger partial charge in [-0.3, -0.25) is 4.79 Å². The van der Waals surface area contributed by atoms with Gasteiger partial charge in [0.25, 0.3) is 0 Å². The van der Waals surface area contributed by atoms with E-state index >= 15 is 0 Å². The van der Waals surface area contributed by atoms with E-state index in [1.807, 2.05) is 35.0 Å². The Bertz CT molecular complexity index is 501. The van der Waals surface area contributed by atoms with Crippen LogP contribution in [0.4, 0.5) is 0 Å². The first-order chi connectivity index (χ1) is 7.18. The third kappa shape index (κ3) is 2.05. The molecule has 0 aliphatic rings. The zero-order valence-electron chi connectivity index (χ0n) is 8.53. The Hall–Kier alpha value is -1.28. The number of para-hydroxylation sites is 1. The molecule has 2 rings (SSSR count). The number of hydrogen-bond acceptors (Lipinski definition) is 1. The van der Waals surface area contributed by atoms with Gasteiger partial charge in [0.15, 0.2) is 0 Å². The fourth-order valence-electron chi connectivity index (χ4n) is 1.68. The minimum absolute atomic E-state index is 0.198. The predicted octanol–water partition coefficient (Wildman–Crippen LogP) is 3.27. The lowest BCUT2D eigenvalue weighted by Crippen LogP contribution is -2.01. The normalized spacial score (nSPS) is 10.8. The molecule has 1 aromatic heterocycles. The Balaban J connectivity index is 2.39. The van der Waals surface area contributed by atoms with Gasteiger partial charge in [-0.15, -0.1) is 0 Å². The summed E-state index contributed by atoms with van der Waals surface area (Å²) >= 11 is 6.11. The average Bonchev–Trinajstić information content (AvgIpc) is 2.59. The highest BCUT2D eigenvalue weighted by atomic mass is 35.5. The Morgan fingerprint density at radius 2 is 2.20 bits per heavy atom. The van der Waals surface area contributed by atoms with Crippen molar-refractivity contribution >= 4 is 28.3 Å². The summed E-state index contributed by atoms with van der Waals surface area (Å²) in [5.74, 6) is 0.198. The highest BCUT2D eigenvalue weighted by molar-refractivity contribution is 6.35. The Morgan fingerprint density at radius 3 is 2.93 bits per heavy atom. The van der Waals surface area contributed by atoms with Crippen LogP contribution in [0.25, 0.3) is 10.9 Å². The van der Waals surface area contributed by atoms with Gasteiger partial charge in [0.1, 0.15) is 5.78 Å². The van der Waals surface area contributed by atoms with Gasteiger partial charge >= 0.3 is 0 Å². The van der Waals surface area contributed by atoms with Crippen LogP contribution in [0.5, 0.6) is 0 Å². The van der Waals surface area contributed by atoms with Crippen LogP contribution in [0.15, 0.2) is 30.5 Å². The number of rotatable bonds is 3. The standard InChI is InChI=1S/C12H12ClNO/c1-9(15)5-7-14-8-6-10-3-2-4-11(13)12(10)14/h2-4,6,8H,5,7H2,1H3. The molecule has 2 aromatic rings. The Morgan fingerprint density at radius 1 is 1.40 bits per heavy atom. The van der Waals surface area contributed by atoms with Crippen molar-refractivity contribution in [1.82, 2.24) is 4.57 Å². The lowest BCUT2D eigenvalue weighted by atomic mass is 10.2. The highest BCUT2D eigenvalue weighted by Crippen LogP contribution is 2.24. The third-order valence-corrected chi connectivity index (χ3v) is 2.75. The van der Waals surface area contributed by atoms with Gasteiger partial charge < -0.3 is 4.57 Å². The fraction of sp³-hybridized carbons (Fsp3) is 0.250. The van der Waals surface area contributed by atoms with Gasteiger partial charge in [-0.05, 0) is 19.1 Å². The minimum Gasteiger partial charge on any atom is -0.346 e. The molecule has 0 radical (unpaired) electrons. The van der Waals surface area contributed by atoms with Crippen molar-refractivity contribution < 1.29 is 4.79 Å². The van der Waals surface area contributed by atoms with E-state index in [1.54, 1.807) is 6.92 Å². The van der Waals surface area contributed by atoms with Gasteiger partial charge in [-0.2, -0.15) is 0 Å². The first kappa shape index (κ1) is 10.2. The quantitative estimate of drug-likeness (QED) is 0.780. The summed E-state index contributed by atoms with van der Waals surface area (Å²) in [5, 5.41) is 1.85. The SMILES string of the molecule is CC(=O)CCn1ccc2cccc(Cl)c21. The van der Waals surface area contributed by atoms with Crippen LogP contribution in [0.3, 0.4) is 0 Å². The second-order valence-electron chi connectivity index (χ2n) is 3.64. The molecule has 78 valence electrons. The zero-order chi connectivity index (χ0) is 10.8. The molecule has 0 saturated heterocycles. The summed E-state index contributed by atoms with van der Waals surface area (Å²) in [6, 6.07) is 7.83. The number of aryl methyl sites for hydroxylation is 1. The molecule has 0 N–H and O–H groups in total. The van der Waals surface area contributed by atoms with Crippen molar-refractivity contribution in [3.05, 3.63) is 35.5 Å². The van der Waals surface area contributed by atoms with Crippen molar-refractivity contribution in [2.75, 3.05) is 0 Å². The number of ketones is 1. The van der Waals surface area contributed by atoms with Crippen LogP contribution in [0.1, 0.15) is 13.3 Å². The second kappa shape index (κ2) is 4.07. The van der Waals surface area contributed by atoms with Crippen molar-refractivity contribution in [2.45, 2.75) is 19.9 Å². The van der Waals surface area contributed by atoms with Gasteiger partial charge in [0.05, 0.1) is 10.5 Å². The van der Waals surface area contributed by atoms with E-state index < -0.39 is 0 Å². The molecule has 0 amide bonds. The zero-order valence-corrected chi connectivity index (χ0v) is 9.29. The molecular formula is C12H12ClNO. The maximum atomic E-state index is 10.9. The van der Waals surface area contributed by atoms with E-state index in [0.29, 0.717) is 13.0 Å². The molecule has 0 spiro atoms. The number of fused-ring (bicyclic) bond motifs is 1. The summed E-state index contributed by atoms with van der Waals surface area (Å²) < 4.78 is 2.03. The van der Waals surface area contributed by atoms with Gasteiger partial charge in [-0.25, -0.2) is 0 Å². The van der Waals surface area contributed by atoms with Crippen LogP contribution in [-0.2, 0) is 11.3 Å². The van der Waals surface area contributed by atoms with E-state index in [4.69, 9.17) is 11.6 Å². The monoisotopic (exact) mass is 221 g/mol. The first-order valence-corrected chi connectivity index (χ1v) is 5.29. The molecule has 0 saturated carbocycles. The van der Waals surface area contributed by atoms with Crippen LogP contribution in [0, 0.1) is 0 Å². The first-order valence-electron chi connectivity index (χ1n) is 4.91. The van der Waals surface area contributed by atoms with E-state index in [9.17, 15) is 4.79 Å². The molecule has 0 aliphatic carbocycles. The molecule has 2 nitrogen and oxygen atoms in total. The predicted molar refractivity (Wildman–Crippen MR) is 62.2 cm³/mol. The molecule has 1 heterocycles. The van der Waals surface area contributed by atoms with Gasteiger partial charge in [0, 0.05) is 24.5 Å². The third-order valence-electron chi connectivity index (χ3n) is 2.44. The van der Waals surface area contributed by atoms with Crippen molar-refractivity contribution in [2.24, 2.45) is 0 Å². The summed E-state index contributed by atoms with van der Waals surface area (Å²) in [7, 11) is 0. The van der Waals surface area contributed by atoms with Gasteiger partial charge in [0.2, 0.25) is 0 Å². The Labute approximate surface area is 93.5 Å². The Kier molecular flexibility index (Phi) is 2.78. The van der Waals surface area contributed by atoms with E-state index in [0.717, 1.165) is 15.9 Å². The van der Waals surface area contributed by atoms with Crippen molar-refractivity contribution in [3.63, 3.8) is 0 Å².